The second-order valence-electron chi connectivity index (χ2n) is 6.73. The van der Waals surface area contributed by atoms with Crippen LogP contribution in [0.1, 0.15) is 30.9 Å². The molecule has 2 amide bonds. The van der Waals surface area contributed by atoms with Crippen LogP contribution in [0.4, 0.5) is 0 Å². The molecule has 1 aliphatic rings. The number of aryl methyl sites for hydroxylation is 1. The molecule has 1 fully saturated rings. The second kappa shape index (κ2) is 8.29. The van der Waals surface area contributed by atoms with Gasteiger partial charge in [-0.1, -0.05) is 29.8 Å². The maximum absolute atomic E-state index is 12.6. The number of ether oxygens (including phenoxy) is 1. The third-order valence-electron chi connectivity index (χ3n) is 4.78. The van der Waals surface area contributed by atoms with Crippen molar-refractivity contribution in [1.82, 2.24) is 9.80 Å². The minimum Gasteiger partial charge on any atom is -0.381 e. The van der Waals surface area contributed by atoms with E-state index in [0.717, 1.165) is 12.0 Å². The molecule has 0 saturated carbocycles. The minimum atomic E-state index is 0.0388. The van der Waals surface area contributed by atoms with E-state index in [1.807, 2.05) is 37.1 Å². The first kappa shape index (κ1) is 18.5. The van der Waals surface area contributed by atoms with Gasteiger partial charge in [0.05, 0.1) is 6.10 Å². The van der Waals surface area contributed by atoms with Crippen molar-refractivity contribution in [3.8, 4) is 0 Å². The van der Waals surface area contributed by atoms with Crippen LogP contribution in [0, 0.1) is 12.8 Å². The molecule has 5 nitrogen and oxygen atoms in total. The number of carbonyl (C=O) groups is 2. The average Bonchev–Trinajstić information content (AvgIpc) is 2.54. The van der Waals surface area contributed by atoms with Crippen LogP contribution in [0.2, 0.25) is 0 Å². The van der Waals surface area contributed by atoms with Crippen molar-refractivity contribution in [2.45, 2.75) is 39.3 Å². The van der Waals surface area contributed by atoms with Crippen molar-refractivity contribution in [3.63, 3.8) is 0 Å². The largest absolute Gasteiger partial charge is 0.381 e. The van der Waals surface area contributed by atoms with E-state index < -0.39 is 0 Å². The lowest BCUT2D eigenvalue weighted by atomic mass is 9.91. The average molecular weight is 332 g/mol. The van der Waals surface area contributed by atoms with Crippen LogP contribution in [0.25, 0.3) is 0 Å². The van der Waals surface area contributed by atoms with Gasteiger partial charge in [-0.2, -0.15) is 0 Å². The topological polar surface area (TPSA) is 49.9 Å². The van der Waals surface area contributed by atoms with Crippen LogP contribution in [0.15, 0.2) is 24.3 Å². The lowest BCUT2D eigenvalue weighted by molar-refractivity contribution is -0.139. The fourth-order valence-corrected chi connectivity index (χ4v) is 3.36. The number of likely N-dealkylation sites (tertiary alicyclic amines) is 1. The molecule has 0 N–H and O–H groups in total. The van der Waals surface area contributed by atoms with Crippen molar-refractivity contribution >= 4 is 11.8 Å². The molecule has 0 bridgehead atoms. The molecular weight excluding hydrogens is 304 g/mol. The Morgan fingerprint density at radius 2 is 2.12 bits per heavy atom. The molecule has 0 radical (unpaired) electrons. The van der Waals surface area contributed by atoms with Gasteiger partial charge in [-0.3, -0.25) is 9.59 Å². The van der Waals surface area contributed by atoms with Crippen molar-refractivity contribution < 1.29 is 14.3 Å². The molecule has 2 rings (SSSR count). The van der Waals surface area contributed by atoms with Gasteiger partial charge in [0, 0.05) is 53.1 Å². The number of rotatable bonds is 5. The first-order valence-corrected chi connectivity index (χ1v) is 8.48. The first-order valence-electron chi connectivity index (χ1n) is 8.48. The third-order valence-corrected chi connectivity index (χ3v) is 4.78. The number of piperidine rings is 1. The Hall–Kier alpha value is -1.88. The summed E-state index contributed by atoms with van der Waals surface area (Å²) >= 11 is 0. The number of hydrogen-bond acceptors (Lipinski definition) is 3. The highest BCUT2D eigenvalue weighted by molar-refractivity contribution is 5.77. The van der Waals surface area contributed by atoms with Crippen LogP contribution < -0.4 is 0 Å². The van der Waals surface area contributed by atoms with Crippen molar-refractivity contribution in [2.75, 3.05) is 27.2 Å². The molecule has 1 heterocycles. The van der Waals surface area contributed by atoms with Crippen LogP contribution in [-0.4, -0.2) is 55.0 Å². The SMILES string of the molecule is CO[C@@H]1CCN(C(C)=O)C[C@H]1CC(=O)N(C)Cc1cccc(C)c1. The number of methoxy groups -OCH3 is 1. The fourth-order valence-electron chi connectivity index (χ4n) is 3.36. The molecule has 0 spiro atoms. The maximum atomic E-state index is 12.6. The highest BCUT2D eigenvalue weighted by atomic mass is 16.5. The Labute approximate surface area is 144 Å². The Bertz CT molecular complexity index is 588. The second-order valence-corrected chi connectivity index (χ2v) is 6.73. The number of amides is 2. The van der Waals surface area contributed by atoms with E-state index >= 15 is 0 Å². The highest BCUT2D eigenvalue weighted by Gasteiger charge is 2.32. The normalized spacial score (nSPS) is 20.8. The van der Waals surface area contributed by atoms with Gasteiger partial charge in [0.15, 0.2) is 0 Å². The quantitative estimate of drug-likeness (QED) is 0.831. The van der Waals surface area contributed by atoms with Gasteiger partial charge in [-0.25, -0.2) is 0 Å². The standard InChI is InChI=1S/C19H28N2O3/c1-14-6-5-7-16(10-14)12-20(3)19(23)11-17-13-21(15(2)22)9-8-18(17)24-4/h5-7,10,17-18H,8-9,11-13H2,1-4H3/t17-,18-/m1/s1. The van der Waals surface area contributed by atoms with Gasteiger partial charge in [-0.05, 0) is 18.9 Å². The zero-order valence-corrected chi connectivity index (χ0v) is 15.1. The smallest absolute Gasteiger partial charge is 0.223 e. The van der Waals surface area contributed by atoms with E-state index in [-0.39, 0.29) is 23.8 Å². The number of hydrogen-bond donors (Lipinski definition) is 0. The molecule has 0 unspecified atom stereocenters. The Morgan fingerprint density at radius 1 is 1.38 bits per heavy atom. The molecular formula is C19H28N2O3. The predicted octanol–water partition coefficient (Wildman–Crippen LogP) is 2.23. The van der Waals surface area contributed by atoms with E-state index in [4.69, 9.17) is 4.74 Å². The molecule has 1 aromatic rings. The van der Waals surface area contributed by atoms with Gasteiger partial charge >= 0.3 is 0 Å². The summed E-state index contributed by atoms with van der Waals surface area (Å²) in [6, 6.07) is 8.19. The molecule has 1 aromatic carbocycles. The molecule has 132 valence electrons. The molecule has 2 atom stereocenters. The zero-order chi connectivity index (χ0) is 17.7. The van der Waals surface area contributed by atoms with Gasteiger partial charge in [0.1, 0.15) is 0 Å². The lowest BCUT2D eigenvalue weighted by Gasteiger charge is -2.37. The summed E-state index contributed by atoms with van der Waals surface area (Å²) in [5, 5.41) is 0. The fraction of sp³-hybridized carbons (Fsp3) is 0.579. The van der Waals surface area contributed by atoms with E-state index in [2.05, 4.69) is 6.07 Å². The first-order chi connectivity index (χ1) is 11.4. The summed E-state index contributed by atoms with van der Waals surface area (Å²) in [5.74, 6) is 0.212. The molecule has 24 heavy (non-hydrogen) atoms. The Morgan fingerprint density at radius 3 is 2.75 bits per heavy atom. The zero-order valence-electron chi connectivity index (χ0n) is 15.1. The van der Waals surface area contributed by atoms with Crippen LogP contribution in [0.3, 0.4) is 0 Å². The lowest BCUT2D eigenvalue weighted by Crippen LogP contribution is -2.47. The minimum absolute atomic E-state index is 0.0388. The van der Waals surface area contributed by atoms with Crippen LogP contribution in [-0.2, 0) is 20.9 Å². The van der Waals surface area contributed by atoms with E-state index in [9.17, 15) is 9.59 Å². The molecule has 1 aliphatic heterocycles. The van der Waals surface area contributed by atoms with E-state index in [1.165, 1.54) is 5.56 Å². The van der Waals surface area contributed by atoms with Gasteiger partial charge in [-0.15, -0.1) is 0 Å². The summed E-state index contributed by atoms with van der Waals surface area (Å²) in [6.45, 7) is 5.53. The predicted molar refractivity (Wildman–Crippen MR) is 93.4 cm³/mol. The van der Waals surface area contributed by atoms with Gasteiger partial charge in [0.2, 0.25) is 11.8 Å². The summed E-state index contributed by atoms with van der Waals surface area (Å²) in [7, 11) is 3.51. The Kier molecular flexibility index (Phi) is 6.37. The van der Waals surface area contributed by atoms with Gasteiger partial charge in [0.25, 0.3) is 0 Å². The van der Waals surface area contributed by atoms with Crippen molar-refractivity contribution in [1.29, 1.82) is 0 Å². The number of carbonyl (C=O) groups excluding carboxylic acids is 2. The van der Waals surface area contributed by atoms with Crippen molar-refractivity contribution in [2.24, 2.45) is 5.92 Å². The molecule has 1 saturated heterocycles. The highest BCUT2D eigenvalue weighted by Crippen LogP contribution is 2.24. The third kappa shape index (κ3) is 4.81. The van der Waals surface area contributed by atoms with E-state index in [0.29, 0.717) is 26.1 Å². The summed E-state index contributed by atoms with van der Waals surface area (Å²) in [5.41, 5.74) is 2.32. The van der Waals surface area contributed by atoms with Gasteiger partial charge < -0.3 is 14.5 Å². The molecule has 0 aromatic heterocycles. The van der Waals surface area contributed by atoms with Crippen LogP contribution in [0.5, 0.6) is 0 Å². The molecule has 5 heteroatoms. The monoisotopic (exact) mass is 332 g/mol. The van der Waals surface area contributed by atoms with Crippen LogP contribution >= 0.6 is 0 Å². The van der Waals surface area contributed by atoms with E-state index in [1.54, 1.807) is 18.9 Å². The summed E-state index contributed by atoms with van der Waals surface area (Å²) in [4.78, 5) is 27.8. The molecule has 0 aliphatic carbocycles. The summed E-state index contributed by atoms with van der Waals surface area (Å²) in [6.07, 6.45) is 1.23. The summed E-state index contributed by atoms with van der Waals surface area (Å²) < 4.78 is 5.54. The Balaban J connectivity index is 1.96. The van der Waals surface area contributed by atoms with Crippen molar-refractivity contribution in [3.05, 3.63) is 35.4 Å². The maximum Gasteiger partial charge on any atom is 0.223 e. The number of nitrogens with zero attached hydrogens (tertiary/aromatic N) is 2. The number of benzene rings is 1.